The smallest absolute Gasteiger partial charge is 0.131 e. The van der Waals surface area contributed by atoms with Gasteiger partial charge in [-0.15, -0.1) is 11.3 Å². The molecule has 0 fully saturated rings. The standard InChI is InChI=1S/C19H18FN3S/c1-13-21-10-14-11-23(9-8-18(14)22-13)12-15-6-7-19(24-15)16-4-2-3-5-17(16)20/h2-7,10H,8-9,11-12H2,1H3. The fourth-order valence-corrected chi connectivity index (χ4v) is 4.18. The lowest BCUT2D eigenvalue weighted by Crippen LogP contribution is -2.30. The van der Waals surface area contributed by atoms with Gasteiger partial charge in [-0.1, -0.05) is 18.2 Å². The molecule has 5 heteroatoms. The summed E-state index contributed by atoms with van der Waals surface area (Å²) in [5.41, 5.74) is 3.08. The van der Waals surface area contributed by atoms with Gasteiger partial charge in [-0.3, -0.25) is 4.90 Å². The van der Waals surface area contributed by atoms with Crippen LogP contribution in [-0.2, 0) is 19.5 Å². The molecule has 3 aromatic rings. The number of hydrogen-bond donors (Lipinski definition) is 0. The topological polar surface area (TPSA) is 29.0 Å². The summed E-state index contributed by atoms with van der Waals surface area (Å²) in [4.78, 5) is 13.5. The Morgan fingerprint density at radius 3 is 2.96 bits per heavy atom. The van der Waals surface area contributed by atoms with Crippen LogP contribution < -0.4 is 0 Å². The second kappa shape index (κ2) is 6.42. The molecule has 3 heterocycles. The number of thiophene rings is 1. The van der Waals surface area contributed by atoms with Crippen molar-refractivity contribution in [2.75, 3.05) is 6.54 Å². The molecule has 0 N–H and O–H groups in total. The molecular formula is C19H18FN3S. The summed E-state index contributed by atoms with van der Waals surface area (Å²) < 4.78 is 13.9. The van der Waals surface area contributed by atoms with Crippen LogP contribution in [0, 0.1) is 12.7 Å². The molecule has 0 spiro atoms. The zero-order valence-corrected chi connectivity index (χ0v) is 14.3. The van der Waals surface area contributed by atoms with E-state index in [9.17, 15) is 4.39 Å². The van der Waals surface area contributed by atoms with Gasteiger partial charge >= 0.3 is 0 Å². The molecule has 0 aliphatic carbocycles. The third-order valence-electron chi connectivity index (χ3n) is 4.31. The molecule has 1 aliphatic heterocycles. The van der Waals surface area contributed by atoms with E-state index in [4.69, 9.17) is 0 Å². The van der Waals surface area contributed by atoms with Gasteiger partial charge < -0.3 is 0 Å². The number of nitrogens with zero attached hydrogens (tertiary/aromatic N) is 3. The van der Waals surface area contributed by atoms with Gasteiger partial charge in [0.15, 0.2) is 0 Å². The van der Waals surface area contributed by atoms with E-state index in [2.05, 4.69) is 20.9 Å². The Labute approximate surface area is 144 Å². The maximum Gasteiger partial charge on any atom is 0.131 e. The van der Waals surface area contributed by atoms with Gasteiger partial charge in [-0.2, -0.15) is 0 Å². The maximum atomic E-state index is 13.9. The fourth-order valence-electron chi connectivity index (χ4n) is 3.10. The summed E-state index contributed by atoms with van der Waals surface area (Å²) >= 11 is 1.66. The van der Waals surface area contributed by atoms with Gasteiger partial charge in [-0.05, 0) is 25.1 Å². The number of hydrogen-bond acceptors (Lipinski definition) is 4. The summed E-state index contributed by atoms with van der Waals surface area (Å²) in [5.74, 6) is 0.681. The molecule has 0 unspecified atom stereocenters. The lowest BCUT2D eigenvalue weighted by Gasteiger charge is -2.27. The highest BCUT2D eigenvalue weighted by atomic mass is 32.1. The van der Waals surface area contributed by atoms with Crippen molar-refractivity contribution in [2.45, 2.75) is 26.4 Å². The minimum Gasteiger partial charge on any atom is -0.293 e. The van der Waals surface area contributed by atoms with E-state index < -0.39 is 0 Å². The number of halogens is 1. The number of aromatic nitrogens is 2. The molecule has 1 aliphatic rings. The molecular weight excluding hydrogens is 321 g/mol. The Balaban J connectivity index is 1.49. The monoisotopic (exact) mass is 339 g/mol. The van der Waals surface area contributed by atoms with Gasteiger partial charge in [0.25, 0.3) is 0 Å². The summed E-state index contributed by atoms with van der Waals surface area (Å²) in [7, 11) is 0. The van der Waals surface area contributed by atoms with Crippen LogP contribution in [0.4, 0.5) is 4.39 Å². The molecule has 3 nitrogen and oxygen atoms in total. The average molecular weight is 339 g/mol. The third-order valence-corrected chi connectivity index (χ3v) is 5.42. The molecule has 2 aromatic heterocycles. The Morgan fingerprint density at radius 1 is 1.21 bits per heavy atom. The normalized spacial score (nSPS) is 14.6. The van der Waals surface area contributed by atoms with Gasteiger partial charge in [0.05, 0.1) is 0 Å². The number of rotatable bonds is 3. The van der Waals surface area contributed by atoms with Gasteiger partial charge in [0.1, 0.15) is 11.6 Å². The maximum absolute atomic E-state index is 13.9. The minimum absolute atomic E-state index is 0.162. The second-order valence-electron chi connectivity index (χ2n) is 6.10. The summed E-state index contributed by atoms with van der Waals surface area (Å²) in [5, 5.41) is 0. The molecule has 0 radical (unpaired) electrons. The highest BCUT2D eigenvalue weighted by Gasteiger charge is 2.19. The SMILES string of the molecule is Cc1ncc2c(n1)CCN(Cc1ccc(-c3ccccc3F)s1)C2. The molecule has 0 amide bonds. The summed E-state index contributed by atoms with van der Waals surface area (Å²) in [6.07, 6.45) is 2.91. The van der Waals surface area contributed by atoms with Crippen LogP contribution in [0.15, 0.2) is 42.6 Å². The minimum atomic E-state index is -0.162. The molecule has 0 saturated heterocycles. The molecule has 0 saturated carbocycles. The highest BCUT2D eigenvalue weighted by molar-refractivity contribution is 7.15. The Kier molecular flexibility index (Phi) is 4.12. The van der Waals surface area contributed by atoms with Crippen LogP contribution in [-0.4, -0.2) is 21.4 Å². The quantitative estimate of drug-likeness (QED) is 0.716. The van der Waals surface area contributed by atoms with E-state index in [0.29, 0.717) is 5.56 Å². The van der Waals surface area contributed by atoms with Crippen LogP contribution in [0.3, 0.4) is 0 Å². The van der Waals surface area contributed by atoms with E-state index in [1.54, 1.807) is 17.4 Å². The van der Waals surface area contributed by atoms with E-state index in [-0.39, 0.29) is 5.82 Å². The molecule has 0 bridgehead atoms. The first-order valence-electron chi connectivity index (χ1n) is 8.06. The number of fused-ring (bicyclic) bond motifs is 1. The predicted molar refractivity (Wildman–Crippen MR) is 94.3 cm³/mol. The Bertz CT molecular complexity index is 875. The van der Waals surface area contributed by atoms with Crippen molar-refractivity contribution >= 4 is 11.3 Å². The van der Waals surface area contributed by atoms with Crippen LogP contribution >= 0.6 is 11.3 Å². The van der Waals surface area contributed by atoms with Crippen LogP contribution in [0.2, 0.25) is 0 Å². The van der Waals surface area contributed by atoms with Crippen molar-refractivity contribution in [2.24, 2.45) is 0 Å². The van der Waals surface area contributed by atoms with Gasteiger partial charge in [0.2, 0.25) is 0 Å². The van der Waals surface area contributed by atoms with E-state index in [1.807, 2.05) is 31.3 Å². The van der Waals surface area contributed by atoms with E-state index >= 15 is 0 Å². The molecule has 1 aromatic carbocycles. The fraction of sp³-hybridized carbons (Fsp3) is 0.263. The van der Waals surface area contributed by atoms with Crippen LogP contribution in [0.1, 0.15) is 22.0 Å². The summed E-state index contributed by atoms with van der Waals surface area (Å²) in [6.45, 7) is 4.69. The molecule has 0 atom stereocenters. The van der Waals surface area contributed by atoms with Crippen molar-refractivity contribution < 1.29 is 4.39 Å². The highest BCUT2D eigenvalue weighted by Crippen LogP contribution is 2.31. The first kappa shape index (κ1) is 15.4. The van der Waals surface area contributed by atoms with Crippen molar-refractivity contribution in [3.05, 3.63) is 70.4 Å². The van der Waals surface area contributed by atoms with Gasteiger partial charge in [0, 0.05) is 58.8 Å². The van der Waals surface area contributed by atoms with Crippen LogP contribution in [0.25, 0.3) is 10.4 Å². The largest absolute Gasteiger partial charge is 0.293 e. The second-order valence-corrected chi connectivity index (χ2v) is 7.26. The van der Waals surface area contributed by atoms with Crippen molar-refractivity contribution in [3.63, 3.8) is 0 Å². The zero-order chi connectivity index (χ0) is 16.5. The van der Waals surface area contributed by atoms with Gasteiger partial charge in [-0.25, -0.2) is 14.4 Å². The number of aryl methyl sites for hydroxylation is 1. The first-order chi connectivity index (χ1) is 11.7. The van der Waals surface area contributed by atoms with Crippen molar-refractivity contribution in [1.82, 2.24) is 14.9 Å². The lowest BCUT2D eigenvalue weighted by atomic mass is 10.1. The number of benzene rings is 1. The van der Waals surface area contributed by atoms with Crippen molar-refractivity contribution in [1.29, 1.82) is 0 Å². The van der Waals surface area contributed by atoms with E-state index in [0.717, 1.165) is 36.8 Å². The first-order valence-corrected chi connectivity index (χ1v) is 8.88. The molecule has 24 heavy (non-hydrogen) atoms. The summed E-state index contributed by atoms with van der Waals surface area (Å²) in [6, 6.07) is 11.1. The molecule has 4 rings (SSSR count). The van der Waals surface area contributed by atoms with Crippen LogP contribution in [0.5, 0.6) is 0 Å². The van der Waals surface area contributed by atoms with Crippen molar-refractivity contribution in [3.8, 4) is 10.4 Å². The molecule has 122 valence electrons. The van der Waals surface area contributed by atoms with E-state index in [1.165, 1.54) is 22.2 Å². The average Bonchev–Trinajstić information content (AvgIpc) is 3.04. The zero-order valence-electron chi connectivity index (χ0n) is 13.5. The Hall–Kier alpha value is -2.11. The third kappa shape index (κ3) is 3.09. The predicted octanol–water partition coefficient (Wildman–Crippen LogP) is 4.21. The lowest BCUT2D eigenvalue weighted by molar-refractivity contribution is 0.245. The Morgan fingerprint density at radius 2 is 2.08 bits per heavy atom.